The molecule has 0 aliphatic heterocycles. The summed E-state index contributed by atoms with van der Waals surface area (Å²) in [5.41, 5.74) is 4.13. The van der Waals surface area contributed by atoms with E-state index < -0.39 is 0 Å². The lowest BCUT2D eigenvalue weighted by atomic mass is 10.1. The summed E-state index contributed by atoms with van der Waals surface area (Å²) in [7, 11) is 0. The van der Waals surface area contributed by atoms with Crippen molar-refractivity contribution in [3.8, 4) is 0 Å². The third-order valence-electron chi connectivity index (χ3n) is 2.75. The van der Waals surface area contributed by atoms with Crippen LogP contribution in [0.2, 0.25) is 10.0 Å². The van der Waals surface area contributed by atoms with Crippen LogP contribution in [-0.2, 0) is 0 Å². The fraction of sp³-hybridized carbons (Fsp3) is 0.143. The highest BCUT2D eigenvalue weighted by molar-refractivity contribution is 6.36. The summed E-state index contributed by atoms with van der Waals surface area (Å²) in [5.74, 6) is 0.199. The summed E-state index contributed by atoms with van der Waals surface area (Å²) in [6.45, 7) is 3.44. The Morgan fingerprint density at radius 1 is 1.25 bits per heavy atom. The molecule has 20 heavy (non-hydrogen) atoms. The Bertz CT molecular complexity index is 678. The van der Waals surface area contributed by atoms with Gasteiger partial charge in [-0.05, 0) is 38.1 Å². The van der Waals surface area contributed by atoms with Gasteiger partial charge in [-0.15, -0.1) is 0 Å². The number of carbonyl (C=O) groups is 1. The Morgan fingerprint density at radius 2 is 2.00 bits per heavy atom. The number of hydrogen-bond acceptors (Lipinski definition) is 3. The first-order valence-electron chi connectivity index (χ1n) is 5.83. The number of halogens is 2. The number of hydrogen-bond donors (Lipinski definition) is 1. The summed E-state index contributed by atoms with van der Waals surface area (Å²) >= 11 is 12.0. The molecule has 1 aromatic carbocycles. The van der Waals surface area contributed by atoms with E-state index in [9.17, 15) is 4.79 Å². The van der Waals surface area contributed by atoms with E-state index in [0.717, 1.165) is 0 Å². The zero-order valence-corrected chi connectivity index (χ0v) is 12.4. The number of nitrogens with zero attached hydrogens (tertiary/aromatic N) is 1. The normalized spacial score (nSPS) is 11.5. The van der Waals surface area contributed by atoms with Gasteiger partial charge in [0.25, 0.3) is 5.91 Å². The number of furan rings is 1. The smallest absolute Gasteiger partial charge is 0.274 e. The van der Waals surface area contributed by atoms with Gasteiger partial charge in [-0.25, -0.2) is 5.43 Å². The first-order valence-corrected chi connectivity index (χ1v) is 6.59. The first kappa shape index (κ1) is 14.6. The molecule has 6 heteroatoms. The highest BCUT2D eigenvalue weighted by Gasteiger charge is 2.11. The van der Waals surface area contributed by atoms with Crippen LogP contribution >= 0.6 is 23.2 Å². The number of rotatable bonds is 3. The summed E-state index contributed by atoms with van der Waals surface area (Å²) in [6, 6.07) is 6.65. The second kappa shape index (κ2) is 6.11. The van der Waals surface area contributed by atoms with Crippen LogP contribution in [-0.4, -0.2) is 11.6 Å². The van der Waals surface area contributed by atoms with Gasteiger partial charge >= 0.3 is 0 Å². The van der Waals surface area contributed by atoms with Gasteiger partial charge in [0.2, 0.25) is 0 Å². The Kier molecular flexibility index (Phi) is 4.47. The van der Waals surface area contributed by atoms with Gasteiger partial charge in [-0.1, -0.05) is 23.2 Å². The van der Waals surface area contributed by atoms with Gasteiger partial charge in [0, 0.05) is 15.6 Å². The van der Waals surface area contributed by atoms with Crippen molar-refractivity contribution in [3.63, 3.8) is 0 Å². The van der Waals surface area contributed by atoms with Crippen LogP contribution < -0.4 is 5.43 Å². The van der Waals surface area contributed by atoms with Crippen LogP contribution in [0, 0.1) is 6.92 Å². The molecule has 0 unspecified atom stereocenters. The van der Waals surface area contributed by atoms with E-state index in [0.29, 0.717) is 32.6 Å². The fourth-order valence-corrected chi connectivity index (χ4v) is 2.08. The molecule has 104 valence electrons. The van der Waals surface area contributed by atoms with Gasteiger partial charge in [0.15, 0.2) is 0 Å². The molecular weight excluding hydrogens is 299 g/mol. The van der Waals surface area contributed by atoms with Crippen molar-refractivity contribution in [1.82, 2.24) is 5.43 Å². The Morgan fingerprint density at radius 3 is 2.65 bits per heavy atom. The van der Waals surface area contributed by atoms with E-state index in [1.807, 2.05) is 0 Å². The zero-order chi connectivity index (χ0) is 14.7. The number of nitrogens with one attached hydrogen (secondary N) is 1. The molecule has 1 N–H and O–H groups in total. The van der Waals surface area contributed by atoms with E-state index in [4.69, 9.17) is 27.6 Å². The van der Waals surface area contributed by atoms with Crippen molar-refractivity contribution in [2.24, 2.45) is 5.10 Å². The van der Waals surface area contributed by atoms with Crippen molar-refractivity contribution in [2.75, 3.05) is 0 Å². The molecule has 0 saturated heterocycles. The maximum absolute atomic E-state index is 11.9. The van der Waals surface area contributed by atoms with E-state index in [-0.39, 0.29) is 5.91 Å². The van der Waals surface area contributed by atoms with Crippen LogP contribution in [0.5, 0.6) is 0 Å². The zero-order valence-electron chi connectivity index (χ0n) is 10.9. The summed E-state index contributed by atoms with van der Waals surface area (Å²) < 4.78 is 5.06. The molecule has 4 nitrogen and oxygen atoms in total. The molecule has 0 atom stereocenters. The SMILES string of the molecule is C/C(=N\NC(=O)c1ccoc1C)c1cc(Cl)ccc1Cl. The molecule has 0 aliphatic carbocycles. The standard InChI is InChI=1S/C14H12Cl2N2O2/c1-8(12-7-10(15)3-4-13(12)16)17-18-14(19)11-5-6-20-9(11)2/h3-7H,1-2H3,(H,18,19)/b17-8+. The fourth-order valence-electron chi connectivity index (χ4n) is 1.65. The lowest BCUT2D eigenvalue weighted by Crippen LogP contribution is -2.19. The van der Waals surface area contributed by atoms with Gasteiger partial charge in [-0.2, -0.15) is 5.10 Å². The largest absolute Gasteiger partial charge is 0.469 e. The molecule has 1 amide bonds. The number of aryl methyl sites for hydroxylation is 1. The molecule has 2 aromatic rings. The molecule has 0 saturated carbocycles. The summed E-state index contributed by atoms with van der Waals surface area (Å²) in [5, 5.41) is 5.10. The van der Waals surface area contributed by atoms with Gasteiger partial charge < -0.3 is 4.42 Å². The van der Waals surface area contributed by atoms with Crippen LogP contribution in [0.4, 0.5) is 0 Å². The molecule has 0 radical (unpaired) electrons. The van der Waals surface area contributed by atoms with Crippen molar-refractivity contribution in [2.45, 2.75) is 13.8 Å². The van der Waals surface area contributed by atoms with Crippen LogP contribution in [0.3, 0.4) is 0 Å². The molecule has 1 heterocycles. The molecular formula is C14H12Cl2N2O2. The predicted molar refractivity (Wildman–Crippen MR) is 79.6 cm³/mol. The van der Waals surface area contributed by atoms with Crippen molar-refractivity contribution >= 4 is 34.8 Å². The van der Waals surface area contributed by atoms with Gasteiger partial charge in [-0.3, -0.25) is 4.79 Å². The van der Waals surface area contributed by atoms with Crippen molar-refractivity contribution in [1.29, 1.82) is 0 Å². The number of benzene rings is 1. The number of amides is 1. The minimum absolute atomic E-state index is 0.339. The van der Waals surface area contributed by atoms with Gasteiger partial charge in [0.05, 0.1) is 17.5 Å². The third-order valence-corrected chi connectivity index (χ3v) is 3.31. The highest BCUT2D eigenvalue weighted by Crippen LogP contribution is 2.21. The van der Waals surface area contributed by atoms with Crippen LogP contribution in [0.25, 0.3) is 0 Å². The minimum Gasteiger partial charge on any atom is -0.469 e. The van der Waals surface area contributed by atoms with Crippen molar-refractivity contribution in [3.05, 3.63) is 57.5 Å². The first-order chi connectivity index (χ1) is 9.49. The van der Waals surface area contributed by atoms with E-state index >= 15 is 0 Å². The highest BCUT2D eigenvalue weighted by atomic mass is 35.5. The average molecular weight is 311 g/mol. The van der Waals surface area contributed by atoms with E-state index in [2.05, 4.69) is 10.5 Å². The third kappa shape index (κ3) is 3.21. The monoisotopic (exact) mass is 310 g/mol. The minimum atomic E-state index is -0.339. The molecule has 0 aliphatic rings. The Labute approximate surface area is 126 Å². The molecule has 0 spiro atoms. The lowest BCUT2D eigenvalue weighted by molar-refractivity contribution is 0.0953. The maximum atomic E-state index is 11.9. The average Bonchev–Trinajstić information content (AvgIpc) is 2.84. The number of carbonyl (C=O) groups excluding carboxylic acids is 1. The second-order valence-corrected chi connectivity index (χ2v) is 5.00. The lowest BCUT2D eigenvalue weighted by Gasteiger charge is -2.05. The second-order valence-electron chi connectivity index (χ2n) is 4.15. The van der Waals surface area contributed by atoms with E-state index in [1.54, 1.807) is 38.1 Å². The predicted octanol–water partition coefficient (Wildman–Crippen LogP) is 4.05. The van der Waals surface area contributed by atoms with Crippen LogP contribution in [0.1, 0.15) is 28.6 Å². The van der Waals surface area contributed by atoms with Crippen LogP contribution in [0.15, 0.2) is 40.0 Å². The Balaban J connectivity index is 2.17. The van der Waals surface area contributed by atoms with E-state index in [1.165, 1.54) is 6.26 Å². The quantitative estimate of drug-likeness (QED) is 0.687. The maximum Gasteiger partial charge on any atom is 0.274 e. The number of hydrazone groups is 1. The topological polar surface area (TPSA) is 54.6 Å². The van der Waals surface area contributed by atoms with Crippen molar-refractivity contribution < 1.29 is 9.21 Å². The van der Waals surface area contributed by atoms with Gasteiger partial charge in [0.1, 0.15) is 5.76 Å². The molecule has 1 aromatic heterocycles. The summed E-state index contributed by atoms with van der Waals surface area (Å²) in [4.78, 5) is 11.9. The Hall–Kier alpha value is -1.78. The summed E-state index contributed by atoms with van der Waals surface area (Å²) in [6.07, 6.45) is 1.45. The molecule has 0 bridgehead atoms. The molecule has 2 rings (SSSR count). The molecule has 0 fully saturated rings.